The zero-order chi connectivity index (χ0) is 12.9. The van der Waals surface area contributed by atoms with Gasteiger partial charge in [0.25, 0.3) is 0 Å². The predicted molar refractivity (Wildman–Crippen MR) is 69.0 cm³/mol. The van der Waals surface area contributed by atoms with Crippen LogP contribution in [0.3, 0.4) is 0 Å². The second-order valence-electron chi connectivity index (χ2n) is 4.46. The maximum Gasteiger partial charge on any atom is 0.507 e. The fourth-order valence-electron chi connectivity index (χ4n) is 2.40. The minimum absolute atomic E-state index is 0.111. The molecular formula is C12H26O4Si. The highest BCUT2D eigenvalue weighted by Crippen LogP contribution is 2.47. The van der Waals surface area contributed by atoms with Crippen LogP contribution in [0.15, 0.2) is 0 Å². The van der Waals surface area contributed by atoms with E-state index in [4.69, 9.17) is 18.0 Å². The summed E-state index contributed by atoms with van der Waals surface area (Å²) in [6.07, 6.45) is 0.961. The first-order valence-corrected chi connectivity index (χ1v) is 8.44. The molecule has 0 bridgehead atoms. The number of hydrogen-bond acceptors (Lipinski definition) is 4. The van der Waals surface area contributed by atoms with E-state index in [9.17, 15) is 0 Å². The third kappa shape index (κ3) is 3.29. The maximum absolute atomic E-state index is 5.94. The Labute approximate surface area is 106 Å². The van der Waals surface area contributed by atoms with Crippen LogP contribution in [0.2, 0.25) is 5.54 Å². The topological polar surface area (TPSA) is 40.2 Å². The van der Waals surface area contributed by atoms with Gasteiger partial charge in [0.05, 0.1) is 17.7 Å². The number of rotatable bonds is 9. The summed E-state index contributed by atoms with van der Waals surface area (Å²) in [6.45, 7) is 12.9. The van der Waals surface area contributed by atoms with Crippen LogP contribution in [0, 0.1) is 0 Å². The predicted octanol–water partition coefficient (Wildman–Crippen LogP) is 2.60. The lowest BCUT2D eigenvalue weighted by Gasteiger charge is -2.36. The normalized spacial score (nSPS) is 25.9. The molecule has 0 saturated carbocycles. The van der Waals surface area contributed by atoms with Crippen molar-refractivity contribution in [2.45, 2.75) is 52.2 Å². The second-order valence-corrected chi connectivity index (χ2v) is 7.23. The Morgan fingerprint density at radius 3 is 1.71 bits per heavy atom. The molecule has 1 fully saturated rings. The summed E-state index contributed by atoms with van der Waals surface area (Å²) >= 11 is 0. The number of epoxide rings is 1. The Morgan fingerprint density at radius 2 is 1.47 bits per heavy atom. The van der Waals surface area contributed by atoms with E-state index in [-0.39, 0.29) is 11.1 Å². The van der Waals surface area contributed by atoms with Gasteiger partial charge in [0.15, 0.2) is 0 Å². The minimum atomic E-state index is -2.62. The third-order valence-electron chi connectivity index (χ3n) is 3.21. The third-order valence-corrected chi connectivity index (χ3v) is 7.15. The van der Waals surface area contributed by atoms with Crippen molar-refractivity contribution in [2.24, 2.45) is 0 Å². The average molecular weight is 262 g/mol. The van der Waals surface area contributed by atoms with Gasteiger partial charge in [-0.2, -0.15) is 0 Å². The minimum Gasteiger partial charge on any atom is -0.374 e. The number of ether oxygens (including phenoxy) is 1. The molecule has 0 aromatic rings. The smallest absolute Gasteiger partial charge is 0.374 e. The molecule has 0 radical (unpaired) electrons. The van der Waals surface area contributed by atoms with Crippen LogP contribution in [-0.4, -0.2) is 40.8 Å². The Hall–Kier alpha value is 0.0569. The Bertz CT molecular complexity index is 214. The van der Waals surface area contributed by atoms with Crippen LogP contribution in [-0.2, 0) is 18.0 Å². The van der Waals surface area contributed by atoms with Crippen molar-refractivity contribution in [2.75, 3.05) is 26.4 Å². The van der Waals surface area contributed by atoms with Crippen LogP contribution < -0.4 is 0 Å². The van der Waals surface area contributed by atoms with E-state index in [2.05, 4.69) is 13.8 Å². The highest BCUT2D eigenvalue weighted by atomic mass is 28.4. The van der Waals surface area contributed by atoms with E-state index in [0.29, 0.717) is 19.8 Å². The van der Waals surface area contributed by atoms with Gasteiger partial charge in [-0.3, -0.25) is 0 Å². The Balaban J connectivity index is 2.90. The van der Waals surface area contributed by atoms with Crippen molar-refractivity contribution in [3.63, 3.8) is 0 Å². The quantitative estimate of drug-likeness (QED) is 0.473. The van der Waals surface area contributed by atoms with Crippen molar-refractivity contribution < 1.29 is 18.0 Å². The molecule has 1 rings (SSSR count). The van der Waals surface area contributed by atoms with E-state index >= 15 is 0 Å². The van der Waals surface area contributed by atoms with E-state index < -0.39 is 8.80 Å². The molecule has 0 aromatic heterocycles. The molecule has 1 aliphatic rings. The molecular weight excluding hydrogens is 236 g/mol. The van der Waals surface area contributed by atoms with Crippen molar-refractivity contribution >= 4 is 8.80 Å². The van der Waals surface area contributed by atoms with E-state index in [0.717, 1.165) is 13.0 Å². The molecule has 0 N–H and O–H groups in total. The molecule has 0 amide bonds. The van der Waals surface area contributed by atoms with E-state index in [1.165, 1.54) is 0 Å². The zero-order valence-electron chi connectivity index (χ0n) is 11.7. The average Bonchev–Trinajstić information content (AvgIpc) is 2.99. The lowest BCUT2D eigenvalue weighted by atomic mass is 10.1. The summed E-state index contributed by atoms with van der Waals surface area (Å²) in [4.78, 5) is 0. The molecule has 1 aliphatic heterocycles. The van der Waals surface area contributed by atoms with Gasteiger partial charge in [0.1, 0.15) is 0 Å². The molecule has 4 nitrogen and oxygen atoms in total. The largest absolute Gasteiger partial charge is 0.507 e. The molecule has 102 valence electrons. The summed E-state index contributed by atoms with van der Waals surface area (Å²) in [5.41, 5.74) is 0.121. The van der Waals surface area contributed by atoms with Gasteiger partial charge in [-0.25, -0.2) is 0 Å². The number of hydrogen-bond donors (Lipinski definition) is 0. The summed E-state index contributed by atoms with van der Waals surface area (Å²) < 4.78 is 23.4. The van der Waals surface area contributed by atoms with Crippen LogP contribution >= 0.6 is 0 Å². The first-order chi connectivity index (χ1) is 8.08. The Morgan fingerprint density at radius 1 is 1.06 bits per heavy atom. The van der Waals surface area contributed by atoms with Crippen LogP contribution in [0.25, 0.3) is 0 Å². The van der Waals surface area contributed by atoms with Gasteiger partial charge < -0.3 is 18.0 Å². The molecule has 17 heavy (non-hydrogen) atoms. The SMILES string of the molecule is CCO[Si](OCC)(OCC)C(CC)C1(C)CO1. The van der Waals surface area contributed by atoms with Crippen molar-refractivity contribution in [3.05, 3.63) is 0 Å². The van der Waals surface area contributed by atoms with E-state index in [1.807, 2.05) is 20.8 Å². The lowest BCUT2D eigenvalue weighted by molar-refractivity contribution is 0.0500. The Kier molecular flexibility index (Phi) is 5.59. The molecule has 1 saturated heterocycles. The monoisotopic (exact) mass is 262 g/mol. The molecule has 0 aliphatic carbocycles. The molecule has 2 atom stereocenters. The lowest BCUT2D eigenvalue weighted by Crippen LogP contribution is -2.54. The van der Waals surface area contributed by atoms with Crippen molar-refractivity contribution in [1.82, 2.24) is 0 Å². The van der Waals surface area contributed by atoms with Gasteiger partial charge in [-0.05, 0) is 34.1 Å². The summed E-state index contributed by atoms with van der Waals surface area (Å²) in [7, 11) is -2.62. The van der Waals surface area contributed by atoms with Gasteiger partial charge in [-0.15, -0.1) is 0 Å². The first-order valence-electron chi connectivity index (χ1n) is 6.64. The maximum atomic E-state index is 5.94. The zero-order valence-corrected chi connectivity index (χ0v) is 12.7. The van der Waals surface area contributed by atoms with Gasteiger partial charge in [-0.1, -0.05) is 6.92 Å². The highest BCUT2D eigenvalue weighted by molar-refractivity contribution is 6.62. The van der Waals surface area contributed by atoms with Gasteiger partial charge >= 0.3 is 8.80 Å². The first kappa shape index (κ1) is 15.1. The highest BCUT2D eigenvalue weighted by Gasteiger charge is 2.62. The molecule has 0 spiro atoms. The second kappa shape index (κ2) is 6.29. The standard InChI is InChI=1S/C12H26O4Si/c1-6-11(12(5)10-13-12)17(14-7-2,15-8-3)16-9-4/h11H,6-10H2,1-5H3. The molecule has 1 heterocycles. The van der Waals surface area contributed by atoms with Gasteiger partial charge in [0.2, 0.25) is 0 Å². The van der Waals surface area contributed by atoms with Crippen LogP contribution in [0.4, 0.5) is 0 Å². The fraction of sp³-hybridized carbons (Fsp3) is 1.00. The van der Waals surface area contributed by atoms with Crippen molar-refractivity contribution in [1.29, 1.82) is 0 Å². The van der Waals surface area contributed by atoms with E-state index in [1.54, 1.807) is 0 Å². The molecule has 2 unspecified atom stereocenters. The summed E-state index contributed by atoms with van der Waals surface area (Å²) in [6, 6.07) is 0. The van der Waals surface area contributed by atoms with Crippen LogP contribution in [0.1, 0.15) is 41.0 Å². The van der Waals surface area contributed by atoms with Crippen molar-refractivity contribution in [3.8, 4) is 0 Å². The van der Waals surface area contributed by atoms with Crippen LogP contribution in [0.5, 0.6) is 0 Å². The summed E-state index contributed by atoms with van der Waals surface area (Å²) in [5.74, 6) is 0. The fourth-order valence-corrected chi connectivity index (χ4v) is 5.88. The molecule has 5 heteroatoms. The molecule has 0 aromatic carbocycles. The van der Waals surface area contributed by atoms with Gasteiger partial charge in [0, 0.05) is 19.8 Å². The summed E-state index contributed by atoms with van der Waals surface area (Å²) in [5, 5.41) is 0.